The molecule has 5 nitrogen and oxygen atoms in total. The van der Waals surface area contributed by atoms with Gasteiger partial charge >= 0.3 is 11.9 Å². The second-order valence-corrected chi connectivity index (χ2v) is 9.06. The van der Waals surface area contributed by atoms with Crippen molar-refractivity contribution < 1.29 is 24.2 Å². The Morgan fingerprint density at radius 2 is 1.96 bits per heavy atom. The Balaban J connectivity index is 1.68. The van der Waals surface area contributed by atoms with Gasteiger partial charge in [0.2, 0.25) is 0 Å². The van der Waals surface area contributed by atoms with Gasteiger partial charge in [0.1, 0.15) is 12.2 Å². The summed E-state index contributed by atoms with van der Waals surface area (Å²) in [5, 5.41) is 9.84. The van der Waals surface area contributed by atoms with Gasteiger partial charge in [0, 0.05) is 19.3 Å². The minimum absolute atomic E-state index is 0.0218. The number of esters is 2. The second kappa shape index (κ2) is 8.28. The molecule has 0 spiro atoms. The quantitative estimate of drug-likeness (QED) is 0.771. The van der Waals surface area contributed by atoms with E-state index in [-0.39, 0.29) is 30.6 Å². The van der Waals surface area contributed by atoms with Crippen LogP contribution >= 0.6 is 0 Å². The van der Waals surface area contributed by atoms with Crippen LogP contribution in [0.4, 0.5) is 0 Å². The van der Waals surface area contributed by atoms with Gasteiger partial charge in [-0.2, -0.15) is 0 Å². The molecular formula is C21H34O5. The summed E-state index contributed by atoms with van der Waals surface area (Å²) in [4.78, 5) is 23.2. The normalized spacial score (nSPS) is 43.3. The molecule has 1 aliphatic heterocycles. The lowest BCUT2D eigenvalue weighted by Gasteiger charge is -2.50. The minimum atomic E-state index is -0.567. The molecule has 5 heteroatoms. The maximum atomic E-state index is 11.7. The van der Waals surface area contributed by atoms with Crippen LogP contribution in [-0.4, -0.2) is 35.4 Å². The number of carbonyl (C=O) groups is 2. The van der Waals surface area contributed by atoms with Crippen LogP contribution in [0.2, 0.25) is 0 Å². The van der Waals surface area contributed by atoms with E-state index in [0.717, 1.165) is 19.3 Å². The van der Waals surface area contributed by atoms with Gasteiger partial charge in [0.05, 0.1) is 12.5 Å². The third-order valence-electron chi connectivity index (χ3n) is 6.91. The van der Waals surface area contributed by atoms with Gasteiger partial charge in [-0.05, 0) is 55.8 Å². The first kappa shape index (κ1) is 19.7. The van der Waals surface area contributed by atoms with E-state index in [1.54, 1.807) is 0 Å². The summed E-state index contributed by atoms with van der Waals surface area (Å²) in [6.45, 7) is 6.09. The molecule has 3 aliphatic rings. The summed E-state index contributed by atoms with van der Waals surface area (Å²) in [6, 6.07) is 0. The number of cyclic esters (lactones) is 1. The van der Waals surface area contributed by atoms with Gasteiger partial charge in [-0.3, -0.25) is 9.59 Å². The first-order chi connectivity index (χ1) is 12.3. The molecule has 0 aromatic rings. The number of aliphatic hydroxyl groups excluding tert-OH is 1. The van der Waals surface area contributed by atoms with Crippen molar-refractivity contribution in [1.29, 1.82) is 0 Å². The van der Waals surface area contributed by atoms with Crippen LogP contribution < -0.4 is 0 Å². The molecule has 3 fully saturated rings. The Hall–Kier alpha value is -1.10. The van der Waals surface area contributed by atoms with Gasteiger partial charge in [0.25, 0.3) is 0 Å². The number of hydrogen-bond donors (Lipinski definition) is 1. The predicted molar refractivity (Wildman–Crippen MR) is 97.2 cm³/mol. The van der Waals surface area contributed by atoms with Crippen molar-refractivity contribution in [2.75, 3.05) is 0 Å². The van der Waals surface area contributed by atoms with Gasteiger partial charge in [-0.15, -0.1) is 0 Å². The van der Waals surface area contributed by atoms with Crippen molar-refractivity contribution in [3.05, 3.63) is 0 Å². The number of carbonyl (C=O) groups excluding carboxylic acids is 2. The van der Waals surface area contributed by atoms with Gasteiger partial charge in [-0.1, -0.05) is 20.3 Å². The Morgan fingerprint density at radius 1 is 1.19 bits per heavy atom. The monoisotopic (exact) mass is 366 g/mol. The first-order valence-corrected chi connectivity index (χ1v) is 10.4. The standard InChI is InChI=1S/C21H34O5/c1-12-8-15-5-4-13(2)18(21(15)19(9-12)25-14(3)22)7-6-17-10-16(23)11-20(24)26-17/h12-13,15-19,21,23H,4-11H2,1-3H3/t12?,13-,15?,16+,17?,18?,19?,21-/m0/s1. The van der Waals surface area contributed by atoms with Crippen molar-refractivity contribution in [2.45, 2.75) is 90.4 Å². The maximum Gasteiger partial charge on any atom is 0.308 e. The molecule has 3 rings (SSSR count). The SMILES string of the molecule is CC(=O)OC1CC(C)CC2CC[C@H](C)C(CCC3C[C@@H](O)CC(=O)O3)[C@H]21. The molecule has 1 N–H and O–H groups in total. The zero-order chi connectivity index (χ0) is 18.8. The second-order valence-electron chi connectivity index (χ2n) is 9.06. The van der Waals surface area contributed by atoms with Gasteiger partial charge < -0.3 is 14.6 Å². The van der Waals surface area contributed by atoms with E-state index in [0.29, 0.717) is 36.0 Å². The molecule has 0 aromatic carbocycles. The van der Waals surface area contributed by atoms with Gasteiger partial charge in [-0.25, -0.2) is 0 Å². The molecule has 2 saturated carbocycles. The van der Waals surface area contributed by atoms with Crippen LogP contribution in [0.3, 0.4) is 0 Å². The largest absolute Gasteiger partial charge is 0.462 e. The molecular weight excluding hydrogens is 332 g/mol. The van der Waals surface area contributed by atoms with Gasteiger partial charge in [0.15, 0.2) is 0 Å². The van der Waals surface area contributed by atoms with Crippen LogP contribution in [0.15, 0.2) is 0 Å². The van der Waals surface area contributed by atoms with E-state index in [1.807, 2.05) is 0 Å². The van der Waals surface area contributed by atoms with Crippen LogP contribution in [0, 0.1) is 29.6 Å². The van der Waals surface area contributed by atoms with E-state index in [1.165, 1.54) is 26.2 Å². The fraction of sp³-hybridized carbons (Fsp3) is 0.905. The van der Waals surface area contributed by atoms with Crippen LogP contribution in [0.5, 0.6) is 0 Å². The Bertz CT molecular complexity index is 519. The number of fused-ring (bicyclic) bond motifs is 1. The highest BCUT2D eigenvalue weighted by molar-refractivity contribution is 5.70. The molecule has 0 amide bonds. The number of ether oxygens (including phenoxy) is 2. The van der Waals surface area contributed by atoms with E-state index in [2.05, 4.69) is 13.8 Å². The highest BCUT2D eigenvalue weighted by atomic mass is 16.5. The molecule has 1 saturated heterocycles. The third-order valence-corrected chi connectivity index (χ3v) is 6.91. The van der Waals surface area contributed by atoms with E-state index in [4.69, 9.17) is 9.47 Å². The molecule has 0 bridgehead atoms. The Morgan fingerprint density at radius 3 is 2.65 bits per heavy atom. The summed E-state index contributed by atoms with van der Waals surface area (Å²) in [6.07, 6.45) is 6.34. The van der Waals surface area contributed by atoms with Crippen molar-refractivity contribution >= 4 is 11.9 Å². The molecule has 26 heavy (non-hydrogen) atoms. The number of rotatable bonds is 4. The van der Waals surface area contributed by atoms with E-state index >= 15 is 0 Å². The zero-order valence-corrected chi connectivity index (χ0v) is 16.4. The van der Waals surface area contributed by atoms with Crippen LogP contribution in [0.25, 0.3) is 0 Å². The van der Waals surface area contributed by atoms with Crippen molar-refractivity contribution in [2.24, 2.45) is 29.6 Å². The number of aliphatic hydroxyl groups is 1. The van der Waals surface area contributed by atoms with Crippen LogP contribution in [-0.2, 0) is 19.1 Å². The van der Waals surface area contributed by atoms with Crippen molar-refractivity contribution in [3.8, 4) is 0 Å². The summed E-state index contributed by atoms with van der Waals surface area (Å²) in [5.74, 6) is 2.27. The minimum Gasteiger partial charge on any atom is -0.462 e. The molecule has 0 aromatic heterocycles. The summed E-state index contributed by atoms with van der Waals surface area (Å²) >= 11 is 0. The number of hydrogen-bond acceptors (Lipinski definition) is 5. The lowest BCUT2D eigenvalue weighted by Crippen LogP contribution is -2.47. The third kappa shape index (κ3) is 4.59. The van der Waals surface area contributed by atoms with Crippen LogP contribution in [0.1, 0.15) is 72.1 Å². The highest BCUT2D eigenvalue weighted by Crippen LogP contribution is 2.50. The lowest BCUT2D eigenvalue weighted by molar-refractivity contribution is -0.164. The average Bonchev–Trinajstić information content (AvgIpc) is 2.52. The lowest BCUT2D eigenvalue weighted by atomic mass is 9.58. The molecule has 1 heterocycles. The summed E-state index contributed by atoms with van der Waals surface area (Å²) in [7, 11) is 0. The highest BCUT2D eigenvalue weighted by Gasteiger charge is 2.46. The summed E-state index contributed by atoms with van der Waals surface area (Å²) in [5.41, 5.74) is 0. The predicted octanol–water partition coefficient (Wildman–Crippen LogP) is 3.47. The molecule has 5 unspecified atom stereocenters. The van der Waals surface area contributed by atoms with Crippen molar-refractivity contribution in [1.82, 2.24) is 0 Å². The topological polar surface area (TPSA) is 72.8 Å². The Kier molecular flexibility index (Phi) is 6.26. The van der Waals surface area contributed by atoms with E-state index in [9.17, 15) is 14.7 Å². The fourth-order valence-electron chi connectivity index (χ4n) is 5.87. The van der Waals surface area contributed by atoms with E-state index < -0.39 is 6.10 Å². The first-order valence-electron chi connectivity index (χ1n) is 10.4. The summed E-state index contributed by atoms with van der Waals surface area (Å²) < 4.78 is 11.2. The zero-order valence-electron chi connectivity index (χ0n) is 16.4. The fourth-order valence-corrected chi connectivity index (χ4v) is 5.87. The van der Waals surface area contributed by atoms with Crippen molar-refractivity contribution in [3.63, 3.8) is 0 Å². The molecule has 8 atom stereocenters. The molecule has 0 radical (unpaired) electrons. The maximum absolute atomic E-state index is 11.7. The average molecular weight is 366 g/mol. The molecule has 2 aliphatic carbocycles. The molecule has 148 valence electrons. The smallest absolute Gasteiger partial charge is 0.308 e. The Labute approximate surface area is 156 Å².